The normalized spacial score (nSPS) is 13.5. The van der Waals surface area contributed by atoms with Crippen molar-refractivity contribution in [3.05, 3.63) is 174 Å². The molecule has 41 heavy (non-hydrogen) atoms. The summed E-state index contributed by atoms with van der Waals surface area (Å²) in [6.45, 7) is 0. The molecule has 0 bridgehead atoms. The molecule has 0 radical (unpaired) electrons. The van der Waals surface area contributed by atoms with E-state index in [1.54, 1.807) is 6.20 Å². The summed E-state index contributed by atoms with van der Waals surface area (Å²) in [5, 5.41) is 0. The van der Waals surface area contributed by atoms with E-state index in [0.29, 0.717) is 11.6 Å². The highest BCUT2D eigenvalue weighted by Gasteiger charge is 2.46. The molecule has 2 aromatic heterocycles. The lowest BCUT2D eigenvalue weighted by Gasteiger charge is -2.46. The highest BCUT2D eigenvalue weighted by Crippen LogP contribution is 2.57. The molecule has 0 atom stereocenters. The lowest BCUT2D eigenvalue weighted by atomic mass is 9.62. The lowest BCUT2D eigenvalue weighted by molar-refractivity contribution is 0.608. The third-order valence-corrected chi connectivity index (χ3v) is 8.05. The van der Waals surface area contributed by atoms with Crippen LogP contribution in [0.3, 0.4) is 0 Å². The number of anilines is 3. The molecular weight excluding hydrogens is 502 g/mol. The number of fused-ring (bicyclic) bond motifs is 3. The summed E-state index contributed by atoms with van der Waals surface area (Å²) < 4.78 is 5.94. The van der Waals surface area contributed by atoms with E-state index in [1.807, 2.05) is 12.1 Å². The van der Waals surface area contributed by atoms with E-state index in [-0.39, 0.29) is 0 Å². The third kappa shape index (κ3) is 3.54. The van der Waals surface area contributed by atoms with Crippen LogP contribution in [-0.2, 0) is 5.41 Å². The number of hydrogen-bond acceptors (Lipinski definition) is 4. The molecule has 0 saturated heterocycles. The lowest BCUT2D eigenvalue weighted by Crippen LogP contribution is -2.37. The molecule has 0 amide bonds. The van der Waals surface area contributed by atoms with Crippen molar-refractivity contribution in [1.82, 2.24) is 9.97 Å². The number of hydrogen-bond donors (Lipinski definition) is 0. The highest BCUT2D eigenvalue weighted by atomic mass is 16.4. The Hall–Kier alpha value is -5.48. The summed E-state index contributed by atoms with van der Waals surface area (Å²) in [6.07, 6.45) is 1.72. The van der Waals surface area contributed by atoms with Crippen LogP contribution in [0.2, 0.25) is 0 Å². The number of nitrogens with zero attached hydrogens (tertiary/aromatic N) is 3. The van der Waals surface area contributed by atoms with Crippen molar-refractivity contribution < 1.29 is 4.42 Å². The second-order valence-corrected chi connectivity index (χ2v) is 10.2. The van der Waals surface area contributed by atoms with Gasteiger partial charge in [-0.25, -0.2) is 9.97 Å². The molecule has 4 nitrogen and oxygen atoms in total. The highest BCUT2D eigenvalue weighted by molar-refractivity contribution is 5.89. The van der Waals surface area contributed by atoms with Crippen LogP contribution in [0.4, 0.5) is 17.1 Å². The van der Waals surface area contributed by atoms with Gasteiger partial charge in [-0.05, 0) is 70.8 Å². The minimum atomic E-state index is -0.475. The fraction of sp³-hybridized carbons (Fsp3) is 0.0270. The van der Waals surface area contributed by atoms with E-state index >= 15 is 0 Å². The maximum atomic E-state index is 5.94. The van der Waals surface area contributed by atoms with Crippen LogP contribution >= 0.6 is 0 Å². The fourth-order valence-corrected chi connectivity index (χ4v) is 6.34. The number of oxazole rings is 1. The minimum absolute atomic E-state index is 0.475. The number of para-hydroxylation sites is 2. The Morgan fingerprint density at radius 2 is 1.10 bits per heavy atom. The number of aromatic nitrogens is 2. The third-order valence-electron chi connectivity index (χ3n) is 8.05. The summed E-state index contributed by atoms with van der Waals surface area (Å²) >= 11 is 0. The fourth-order valence-electron chi connectivity index (χ4n) is 6.34. The smallest absolute Gasteiger partial charge is 0.247 e. The molecule has 0 spiro atoms. The summed E-state index contributed by atoms with van der Waals surface area (Å²) in [6, 6.07) is 51.5. The standard InChI is InChI=1S/C37H25N3O/c1-3-12-27(13-4-1)37(28-14-5-2-6-15-28)30-16-7-9-19-33(30)40(34-20-10-8-17-31(34)37)29-23-21-26(22-24-29)35-39-32-18-11-25-38-36(32)41-35/h1-25H. The van der Waals surface area contributed by atoms with E-state index in [1.165, 1.54) is 22.3 Å². The second-order valence-electron chi connectivity index (χ2n) is 10.2. The molecule has 0 N–H and O–H groups in total. The Kier molecular flexibility index (Phi) is 5.32. The van der Waals surface area contributed by atoms with Gasteiger partial charge in [0.25, 0.3) is 0 Å². The first-order chi connectivity index (χ1) is 20.3. The molecule has 7 aromatic rings. The van der Waals surface area contributed by atoms with Crippen molar-refractivity contribution in [3.63, 3.8) is 0 Å². The number of benzene rings is 5. The largest absolute Gasteiger partial charge is 0.418 e. The van der Waals surface area contributed by atoms with Crippen LogP contribution in [0.5, 0.6) is 0 Å². The monoisotopic (exact) mass is 527 g/mol. The topological polar surface area (TPSA) is 42.2 Å². The van der Waals surface area contributed by atoms with Crippen LogP contribution in [0, 0.1) is 0 Å². The Bertz CT molecular complexity index is 1870. The summed E-state index contributed by atoms with van der Waals surface area (Å²) in [4.78, 5) is 11.3. The Morgan fingerprint density at radius 3 is 1.68 bits per heavy atom. The van der Waals surface area contributed by atoms with Crippen molar-refractivity contribution >= 4 is 28.3 Å². The van der Waals surface area contributed by atoms with Crippen LogP contribution < -0.4 is 4.90 Å². The van der Waals surface area contributed by atoms with Gasteiger partial charge in [-0.2, -0.15) is 0 Å². The van der Waals surface area contributed by atoms with Gasteiger partial charge in [-0.15, -0.1) is 0 Å². The molecule has 1 aliphatic heterocycles. The second kappa shape index (κ2) is 9.32. The van der Waals surface area contributed by atoms with Crippen LogP contribution in [0.25, 0.3) is 22.7 Å². The van der Waals surface area contributed by atoms with Crippen LogP contribution in [-0.4, -0.2) is 9.97 Å². The van der Waals surface area contributed by atoms with Crippen molar-refractivity contribution in [2.24, 2.45) is 0 Å². The zero-order valence-electron chi connectivity index (χ0n) is 22.2. The molecule has 3 heterocycles. The van der Waals surface area contributed by atoms with Gasteiger partial charge in [0.2, 0.25) is 11.6 Å². The van der Waals surface area contributed by atoms with Gasteiger partial charge in [-0.1, -0.05) is 97.1 Å². The van der Waals surface area contributed by atoms with Crippen molar-refractivity contribution in [2.75, 3.05) is 4.90 Å². The maximum Gasteiger partial charge on any atom is 0.247 e. The zero-order valence-corrected chi connectivity index (χ0v) is 22.2. The molecule has 0 saturated carbocycles. The van der Waals surface area contributed by atoms with Crippen molar-refractivity contribution in [2.45, 2.75) is 5.41 Å². The summed E-state index contributed by atoms with van der Waals surface area (Å²) in [5.74, 6) is 0.567. The molecule has 0 fully saturated rings. The van der Waals surface area contributed by atoms with Crippen molar-refractivity contribution in [3.8, 4) is 11.5 Å². The van der Waals surface area contributed by atoms with E-state index in [9.17, 15) is 0 Å². The van der Waals surface area contributed by atoms with E-state index < -0.39 is 5.41 Å². The van der Waals surface area contributed by atoms with Gasteiger partial charge in [-0.3, -0.25) is 0 Å². The van der Waals surface area contributed by atoms with Crippen molar-refractivity contribution in [1.29, 1.82) is 0 Å². The van der Waals surface area contributed by atoms with E-state index in [2.05, 4.69) is 148 Å². The predicted molar refractivity (Wildman–Crippen MR) is 164 cm³/mol. The molecule has 5 aromatic carbocycles. The van der Waals surface area contributed by atoms with E-state index in [4.69, 9.17) is 4.42 Å². The van der Waals surface area contributed by atoms with Gasteiger partial charge in [0.1, 0.15) is 5.52 Å². The molecule has 0 aliphatic carbocycles. The summed E-state index contributed by atoms with van der Waals surface area (Å²) in [5.41, 5.74) is 10.1. The Morgan fingerprint density at radius 1 is 0.537 bits per heavy atom. The van der Waals surface area contributed by atoms with Gasteiger partial charge in [0.05, 0.1) is 16.8 Å². The molecule has 8 rings (SSSR count). The first-order valence-electron chi connectivity index (χ1n) is 13.8. The molecule has 1 aliphatic rings. The van der Waals surface area contributed by atoms with E-state index in [0.717, 1.165) is 28.1 Å². The van der Waals surface area contributed by atoms with Gasteiger partial charge in [0, 0.05) is 17.4 Å². The molecule has 4 heteroatoms. The van der Waals surface area contributed by atoms with Gasteiger partial charge < -0.3 is 9.32 Å². The SMILES string of the molecule is c1ccc(C2(c3ccccc3)c3ccccc3N(c3ccc(-c4nc5cccnc5o4)cc3)c3ccccc32)cc1. The Balaban J connectivity index is 1.34. The molecule has 0 unspecified atom stereocenters. The first kappa shape index (κ1) is 23.4. The predicted octanol–water partition coefficient (Wildman–Crippen LogP) is 9.06. The number of rotatable bonds is 4. The first-order valence-corrected chi connectivity index (χ1v) is 13.8. The summed E-state index contributed by atoms with van der Waals surface area (Å²) in [7, 11) is 0. The minimum Gasteiger partial charge on any atom is -0.418 e. The van der Waals surface area contributed by atoms with Crippen LogP contribution in [0.15, 0.2) is 156 Å². The number of pyridine rings is 1. The quantitative estimate of drug-likeness (QED) is 0.229. The zero-order chi connectivity index (χ0) is 27.2. The average molecular weight is 528 g/mol. The maximum absolute atomic E-state index is 5.94. The van der Waals surface area contributed by atoms with Gasteiger partial charge in [0.15, 0.2) is 0 Å². The van der Waals surface area contributed by atoms with Crippen LogP contribution in [0.1, 0.15) is 22.3 Å². The Labute approximate surface area is 238 Å². The molecule has 194 valence electrons. The molecular formula is C37H25N3O. The average Bonchev–Trinajstić information content (AvgIpc) is 3.49. The van der Waals surface area contributed by atoms with Gasteiger partial charge >= 0.3 is 0 Å².